The van der Waals surface area contributed by atoms with Crippen molar-refractivity contribution < 1.29 is 13.2 Å². The molecule has 2 N–H and O–H groups in total. The van der Waals surface area contributed by atoms with Crippen molar-refractivity contribution in [3.05, 3.63) is 57.5 Å². The maximum absolute atomic E-state index is 12.2. The number of sulfonamides is 1. The third kappa shape index (κ3) is 3.37. The number of methoxy groups -OCH3 is 1. The molecule has 0 saturated carbocycles. The molecule has 0 aliphatic carbocycles. The maximum Gasteiger partial charge on any atom is 0.240 e. The van der Waals surface area contributed by atoms with Crippen LogP contribution in [-0.4, -0.2) is 20.5 Å². The molecule has 0 aliphatic rings. The van der Waals surface area contributed by atoms with Gasteiger partial charge in [0.2, 0.25) is 10.0 Å². The van der Waals surface area contributed by atoms with Crippen molar-refractivity contribution in [2.24, 2.45) is 0 Å². The van der Waals surface area contributed by atoms with E-state index < -0.39 is 10.0 Å². The molecule has 0 radical (unpaired) electrons. The molecule has 6 nitrogen and oxygen atoms in total. The summed E-state index contributed by atoms with van der Waals surface area (Å²) in [5, 5.41) is 0. The topological polar surface area (TPSA) is 88.3 Å². The Labute approximate surface area is 129 Å². The molecule has 1 aromatic heterocycles. The SMILES string of the molecule is COc1ccc(S(=O)(=O)NCc2[nH]cc(C)c(=O)c2C)cc1. The van der Waals surface area contributed by atoms with Crippen LogP contribution in [0, 0.1) is 13.8 Å². The molecule has 118 valence electrons. The van der Waals surface area contributed by atoms with E-state index in [4.69, 9.17) is 4.74 Å². The number of hydrogen-bond donors (Lipinski definition) is 2. The van der Waals surface area contributed by atoms with Crippen LogP contribution in [0.5, 0.6) is 5.75 Å². The molecule has 0 fully saturated rings. The smallest absolute Gasteiger partial charge is 0.240 e. The molecule has 0 saturated heterocycles. The fourth-order valence-electron chi connectivity index (χ4n) is 1.99. The van der Waals surface area contributed by atoms with Crippen molar-refractivity contribution >= 4 is 10.0 Å². The Morgan fingerprint density at radius 1 is 1.18 bits per heavy atom. The van der Waals surface area contributed by atoms with E-state index >= 15 is 0 Å². The highest BCUT2D eigenvalue weighted by Crippen LogP contribution is 2.15. The van der Waals surface area contributed by atoms with Crippen LogP contribution >= 0.6 is 0 Å². The number of hydrogen-bond acceptors (Lipinski definition) is 4. The molecule has 0 amide bonds. The largest absolute Gasteiger partial charge is 0.497 e. The van der Waals surface area contributed by atoms with Gasteiger partial charge in [0.1, 0.15) is 5.75 Å². The van der Waals surface area contributed by atoms with E-state index in [1.807, 2.05) is 0 Å². The van der Waals surface area contributed by atoms with Crippen LogP contribution in [-0.2, 0) is 16.6 Å². The number of aromatic nitrogens is 1. The van der Waals surface area contributed by atoms with Crippen LogP contribution in [0.2, 0.25) is 0 Å². The van der Waals surface area contributed by atoms with Gasteiger partial charge >= 0.3 is 0 Å². The van der Waals surface area contributed by atoms with Crippen molar-refractivity contribution in [3.63, 3.8) is 0 Å². The molecule has 1 heterocycles. The van der Waals surface area contributed by atoms with E-state index in [0.29, 0.717) is 22.6 Å². The van der Waals surface area contributed by atoms with Gasteiger partial charge in [-0.15, -0.1) is 0 Å². The van der Waals surface area contributed by atoms with Crippen molar-refractivity contribution in [1.82, 2.24) is 9.71 Å². The van der Waals surface area contributed by atoms with Gasteiger partial charge in [0.15, 0.2) is 5.43 Å². The minimum atomic E-state index is -3.65. The van der Waals surface area contributed by atoms with E-state index in [0.717, 1.165) is 0 Å². The maximum atomic E-state index is 12.2. The van der Waals surface area contributed by atoms with Crippen LogP contribution in [0.3, 0.4) is 0 Å². The van der Waals surface area contributed by atoms with Gasteiger partial charge in [0.25, 0.3) is 0 Å². The Hall–Kier alpha value is -2.12. The summed E-state index contributed by atoms with van der Waals surface area (Å²) in [5.74, 6) is 0.581. The van der Waals surface area contributed by atoms with Gasteiger partial charge in [-0.2, -0.15) is 0 Å². The molecule has 0 unspecified atom stereocenters. The Morgan fingerprint density at radius 3 is 2.41 bits per heavy atom. The third-order valence-corrected chi connectivity index (χ3v) is 4.84. The van der Waals surface area contributed by atoms with E-state index in [1.165, 1.54) is 19.2 Å². The van der Waals surface area contributed by atoms with Crippen LogP contribution < -0.4 is 14.9 Å². The summed E-state index contributed by atoms with van der Waals surface area (Å²) < 4.78 is 31.9. The third-order valence-electron chi connectivity index (χ3n) is 3.42. The summed E-state index contributed by atoms with van der Waals surface area (Å²) in [5.41, 5.74) is 1.57. The second-order valence-corrected chi connectivity index (χ2v) is 6.67. The lowest BCUT2D eigenvalue weighted by atomic mass is 10.1. The summed E-state index contributed by atoms with van der Waals surface area (Å²) in [6, 6.07) is 6.08. The minimum Gasteiger partial charge on any atom is -0.497 e. The normalized spacial score (nSPS) is 11.4. The van der Waals surface area contributed by atoms with Crippen LogP contribution in [0.1, 0.15) is 16.8 Å². The van der Waals surface area contributed by atoms with Crippen LogP contribution in [0.25, 0.3) is 0 Å². The highest BCUT2D eigenvalue weighted by atomic mass is 32.2. The monoisotopic (exact) mass is 322 g/mol. The molecule has 0 atom stereocenters. The number of pyridine rings is 1. The first-order valence-corrected chi connectivity index (χ1v) is 8.15. The first-order chi connectivity index (χ1) is 10.3. The van der Waals surface area contributed by atoms with Gasteiger partial charge in [-0.25, -0.2) is 13.1 Å². The van der Waals surface area contributed by atoms with E-state index in [-0.39, 0.29) is 16.9 Å². The van der Waals surface area contributed by atoms with Crippen LogP contribution in [0.4, 0.5) is 0 Å². The zero-order chi connectivity index (χ0) is 16.3. The second kappa shape index (κ2) is 6.33. The lowest BCUT2D eigenvalue weighted by molar-refractivity contribution is 0.414. The zero-order valence-electron chi connectivity index (χ0n) is 12.6. The number of rotatable bonds is 5. The fraction of sp³-hybridized carbons (Fsp3) is 0.267. The van der Waals surface area contributed by atoms with Crippen molar-refractivity contribution in [2.75, 3.05) is 7.11 Å². The summed E-state index contributed by atoms with van der Waals surface area (Å²) in [6.07, 6.45) is 1.58. The predicted octanol–water partition coefficient (Wildman–Crippen LogP) is 1.48. The Morgan fingerprint density at radius 2 is 1.82 bits per heavy atom. The van der Waals surface area contributed by atoms with Crippen molar-refractivity contribution in [2.45, 2.75) is 25.3 Å². The Balaban J connectivity index is 2.19. The summed E-state index contributed by atoms with van der Waals surface area (Å²) in [4.78, 5) is 14.9. The highest BCUT2D eigenvalue weighted by molar-refractivity contribution is 7.89. The van der Waals surface area contributed by atoms with E-state index in [9.17, 15) is 13.2 Å². The first-order valence-electron chi connectivity index (χ1n) is 6.66. The summed E-state index contributed by atoms with van der Waals surface area (Å²) in [7, 11) is -2.14. The fourth-order valence-corrected chi connectivity index (χ4v) is 2.99. The number of H-pyrrole nitrogens is 1. The standard InChI is InChI=1S/C15H18N2O4S/c1-10-8-16-14(11(2)15(10)18)9-17-22(19,20)13-6-4-12(21-3)5-7-13/h4-8,17H,9H2,1-3H3,(H,16,18). The Bertz CT molecular complexity index is 824. The molecule has 0 aliphatic heterocycles. The molecule has 0 spiro atoms. The minimum absolute atomic E-state index is 0.0235. The number of benzene rings is 1. The molecule has 7 heteroatoms. The van der Waals surface area contributed by atoms with Gasteiger partial charge in [-0.05, 0) is 38.1 Å². The zero-order valence-corrected chi connectivity index (χ0v) is 13.5. The van der Waals surface area contributed by atoms with Gasteiger partial charge in [0, 0.05) is 23.0 Å². The lowest BCUT2D eigenvalue weighted by Crippen LogP contribution is -2.26. The number of aryl methyl sites for hydroxylation is 1. The molecule has 1 aromatic carbocycles. The lowest BCUT2D eigenvalue weighted by Gasteiger charge is -2.10. The molecule has 22 heavy (non-hydrogen) atoms. The predicted molar refractivity (Wildman–Crippen MR) is 83.6 cm³/mol. The summed E-state index contributed by atoms with van der Waals surface area (Å²) >= 11 is 0. The summed E-state index contributed by atoms with van der Waals surface area (Å²) in [6.45, 7) is 3.40. The molecule has 2 aromatic rings. The molecular formula is C15H18N2O4S. The Kier molecular flexibility index (Phi) is 4.68. The van der Waals surface area contributed by atoms with Gasteiger partial charge in [0.05, 0.1) is 18.6 Å². The van der Waals surface area contributed by atoms with E-state index in [1.54, 1.807) is 32.2 Å². The quantitative estimate of drug-likeness (QED) is 0.873. The highest BCUT2D eigenvalue weighted by Gasteiger charge is 2.15. The molecular weight excluding hydrogens is 304 g/mol. The van der Waals surface area contributed by atoms with Crippen LogP contribution in [0.15, 0.2) is 40.2 Å². The van der Waals surface area contributed by atoms with Gasteiger partial charge in [-0.1, -0.05) is 0 Å². The molecule has 2 rings (SSSR count). The number of ether oxygens (including phenoxy) is 1. The van der Waals surface area contributed by atoms with Crippen molar-refractivity contribution in [1.29, 1.82) is 0 Å². The second-order valence-electron chi connectivity index (χ2n) is 4.90. The first kappa shape index (κ1) is 16.3. The number of nitrogens with one attached hydrogen (secondary N) is 2. The number of aromatic amines is 1. The van der Waals surface area contributed by atoms with Crippen molar-refractivity contribution in [3.8, 4) is 5.75 Å². The van der Waals surface area contributed by atoms with Gasteiger partial charge < -0.3 is 9.72 Å². The molecule has 0 bridgehead atoms. The average Bonchev–Trinajstić information content (AvgIpc) is 2.52. The average molecular weight is 322 g/mol. The van der Waals surface area contributed by atoms with E-state index in [2.05, 4.69) is 9.71 Å². The van der Waals surface area contributed by atoms with Gasteiger partial charge in [-0.3, -0.25) is 4.79 Å².